The van der Waals surface area contributed by atoms with Crippen molar-refractivity contribution in [2.24, 2.45) is 0 Å². The molecule has 116 valence electrons. The quantitative estimate of drug-likeness (QED) is 0.749. The molecule has 0 saturated heterocycles. The molecule has 0 fully saturated rings. The molecule has 0 aliphatic rings. The number of aldehydes is 1. The van der Waals surface area contributed by atoms with Crippen LogP contribution < -0.4 is 5.32 Å². The summed E-state index contributed by atoms with van der Waals surface area (Å²) in [7, 11) is 0. The molecule has 0 saturated carbocycles. The fourth-order valence-corrected chi connectivity index (χ4v) is 2.69. The van der Waals surface area contributed by atoms with Crippen LogP contribution in [0, 0.1) is 12.7 Å². The number of amides is 1. The lowest BCUT2D eigenvalue weighted by Crippen LogP contribution is -2.19. The van der Waals surface area contributed by atoms with Crippen LogP contribution in [-0.4, -0.2) is 16.8 Å². The maximum Gasteiger partial charge on any atom is 0.244 e. The molecule has 1 heterocycles. The number of nitrogens with zero attached hydrogens (tertiary/aromatic N) is 1. The van der Waals surface area contributed by atoms with E-state index in [1.807, 2.05) is 31.2 Å². The van der Waals surface area contributed by atoms with E-state index in [1.54, 1.807) is 4.57 Å². The Morgan fingerprint density at radius 3 is 2.57 bits per heavy atom. The molecule has 5 heteroatoms. The van der Waals surface area contributed by atoms with Crippen LogP contribution in [0.5, 0.6) is 0 Å². The Morgan fingerprint density at radius 2 is 1.87 bits per heavy atom. The highest BCUT2D eigenvalue weighted by molar-refractivity contribution is 6.00. The van der Waals surface area contributed by atoms with E-state index in [4.69, 9.17) is 0 Å². The van der Waals surface area contributed by atoms with Gasteiger partial charge in [0.2, 0.25) is 5.91 Å². The number of aromatic nitrogens is 1. The molecule has 4 nitrogen and oxygen atoms in total. The van der Waals surface area contributed by atoms with Crippen molar-refractivity contribution in [1.82, 2.24) is 4.57 Å². The molecule has 0 aliphatic heterocycles. The van der Waals surface area contributed by atoms with Crippen LogP contribution >= 0.6 is 0 Å². The van der Waals surface area contributed by atoms with Gasteiger partial charge in [-0.1, -0.05) is 18.2 Å². The Morgan fingerprint density at radius 1 is 1.17 bits per heavy atom. The average Bonchev–Trinajstić information content (AvgIpc) is 2.81. The summed E-state index contributed by atoms with van der Waals surface area (Å²) < 4.78 is 14.7. The van der Waals surface area contributed by atoms with Gasteiger partial charge in [-0.25, -0.2) is 4.39 Å². The van der Waals surface area contributed by atoms with Gasteiger partial charge >= 0.3 is 0 Å². The molecule has 0 aliphatic carbocycles. The summed E-state index contributed by atoms with van der Waals surface area (Å²) in [5.74, 6) is -0.594. The predicted molar refractivity (Wildman–Crippen MR) is 87.1 cm³/mol. The summed E-state index contributed by atoms with van der Waals surface area (Å²) >= 11 is 0. The Balaban J connectivity index is 1.89. The molecule has 0 unspecified atom stereocenters. The zero-order chi connectivity index (χ0) is 16.4. The van der Waals surface area contributed by atoms with E-state index < -0.39 is 0 Å². The third kappa shape index (κ3) is 2.85. The highest BCUT2D eigenvalue weighted by Crippen LogP contribution is 2.24. The lowest BCUT2D eigenvalue weighted by molar-refractivity contribution is -0.116. The van der Waals surface area contributed by atoms with E-state index >= 15 is 0 Å². The molecule has 23 heavy (non-hydrogen) atoms. The van der Waals surface area contributed by atoms with Crippen molar-refractivity contribution in [3.63, 3.8) is 0 Å². The Bertz CT molecular complexity index is 882. The van der Waals surface area contributed by atoms with Crippen LogP contribution in [0.25, 0.3) is 10.9 Å². The van der Waals surface area contributed by atoms with Crippen LogP contribution in [0.15, 0.2) is 48.5 Å². The monoisotopic (exact) mass is 310 g/mol. The van der Waals surface area contributed by atoms with E-state index in [0.717, 1.165) is 22.9 Å². The SMILES string of the molecule is Cc1c(C=O)c2ccccc2n1CC(=O)Nc1ccc(F)cc1. The van der Waals surface area contributed by atoms with Gasteiger partial charge in [0.25, 0.3) is 0 Å². The number of para-hydroxylation sites is 1. The van der Waals surface area contributed by atoms with Crippen LogP contribution in [0.1, 0.15) is 16.1 Å². The molecule has 0 bridgehead atoms. The molecule has 3 rings (SSSR count). The molecule has 1 N–H and O–H groups in total. The van der Waals surface area contributed by atoms with Gasteiger partial charge in [0, 0.05) is 27.8 Å². The summed E-state index contributed by atoms with van der Waals surface area (Å²) in [6, 6.07) is 13.0. The zero-order valence-electron chi connectivity index (χ0n) is 12.5. The van der Waals surface area contributed by atoms with E-state index in [-0.39, 0.29) is 18.3 Å². The number of hydrogen-bond acceptors (Lipinski definition) is 2. The molecule has 3 aromatic rings. The average molecular weight is 310 g/mol. The maximum absolute atomic E-state index is 12.9. The molecular weight excluding hydrogens is 295 g/mol. The smallest absolute Gasteiger partial charge is 0.244 e. The van der Waals surface area contributed by atoms with E-state index in [9.17, 15) is 14.0 Å². The van der Waals surface area contributed by atoms with Crippen molar-refractivity contribution < 1.29 is 14.0 Å². The van der Waals surface area contributed by atoms with Gasteiger partial charge in [0.1, 0.15) is 12.4 Å². The minimum atomic E-state index is -0.356. The Labute approximate surface area is 132 Å². The third-order valence-corrected chi connectivity index (χ3v) is 3.83. The summed E-state index contributed by atoms with van der Waals surface area (Å²) in [6.45, 7) is 1.90. The summed E-state index contributed by atoms with van der Waals surface area (Å²) in [5.41, 5.74) is 2.70. The minimum Gasteiger partial charge on any atom is -0.335 e. The van der Waals surface area contributed by atoms with Gasteiger partial charge in [-0.2, -0.15) is 0 Å². The number of halogens is 1. The molecular formula is C18H15FN2O2. The first kappa shape index (κ1) is 15.0. The van der Waals surface area contributed by atoms with Crippen LogP contribution in [-0.2, 0) is 11.3 Å². The number of carbonyl (C=O) groups is 2. The second-order valence-electron chi connectivity index (χ2n) is 5.28. The predicted octanol–water partition coefficient (Wildman–Crippen LogP) is 3.54. The number of hydrogen-bond donors (Lipinski definition) is 1. The molecule has 0 radical (unpaired) electrons. The topological polar surface area (TPSA) is 51.1 Å². The number of benzene rings is 2. The van der Waals surface area contributed by atoms with Gasteiger partial charge in [-0.15, -0.1) is 0 Å². The summed E-state index contributed by atoms with van der Waals surface area (Å²) in [6.07, 6.45) is 0.812. The second kappa shape index (κ2) is 6.04. The molecule has 2 aromatic carbocycles. The minimum absolute atomic E-state index is 0.0809. The lowest BCUT2D eigenvalue weighted by Gasteiger charge is -2.09. The number of carbonyl (C=O) groups excluding carboxylic acids is 2. The lowest BCUT2D eigenvalue weighted by atomic mass is 10.1. The fourth-order valence-electron chi connectivity index (χ4n) is 2.69. The van der Waals surface area contributed by atoms with E-state index in [2.05, 4.69) is 5.32 Å². The van der Waals surface area contributed by atoms with Gasteiger partial charge in [0.15, 0.2) is 6.29 Å². The standard InChI is InChI=1S/C18H15FN2O2/c1-12-16(11-22)15-4-2-3-5-17(15)21(12)10-18(23)20-14-8-6-13(19)7-9-14/h2-9,11H,10H2,1H3,(H,20,23). The Kier molecular flexibility index (Phi) is 3.93. The largest absolute Gasteiger partial charge is 0.335 e. The number of fused-ring (bicyclic) bond motifs is 1. The van der Waals surface area contributed by atoms with Crippen LogP contribution in [0.3, 0.4) is 0 Å². The highest BCUT2D eigenvalue weighted by atomic mass is 19.1. The molecule has 0 atom stereocenters. The van der Waals surface area contributed by atoms with Crippen molar-refractivity contribution in [3.05, 3.63) is 65.6 Å². The number of rotatable bonds is 4. The fraction of sp³-hybridized carbons (Fsp3) is 0.111. The molecule has 1 aromatic heterocycles. The van der Waals surface area contributed by atoms with Gasteiger partial charge < -0.3 is 9.88 Å². The van der Waals surface area contributed by atoms with Crippen molar-refractivity contribution >= 4 is 28.8 Å². The zero-order valence-corrected chi connectivity index (χ0v) is 12.5. The third-order valence-electron chi connectivity index (χ3n) is 3.83. The van der Waals surface area contributed by atoms with Gasteiger partial charge in [-0.05, 0) is 37.3 Å². The van der Waals surface area contributed by atoms with Crippen LogP contribution in [0.4, 0.5) is 10.1 Å². The maximum atomic E-state index is 12.9. The number of anilines is 1. The van der Waals surface area contributed by atoms with Crippen molar-refractivity contribution in [3.8, 4) is 0 Å². The number of nitrogens with one attached hydrogen (secondary N) is 1. The van der Waals surface area contributed by atoms with Gasteiger partial charge in [-0.3, -0.25) is 9.59 Å². The normalized spacial score (nSPS) is 10.7. The van der Waals surface area contributed by atoms with Gasteiger partial charge in [0.05, 0.1) is 0 Å². The first-order chi connectivity index (χ1) is 11.1. The van der Waals surface area contributed by atoms with E-state index in [0.29, 0.717) is 11.3 Å². The van der Waals surface area contributed by atoms with E-state index in [1.165, 1.54) is 24.3 Å². The van der Waals surface area contributed by atoms with Crippen molar-refractivity contribution in [2.45, 2.75) is 13.5 Å². The first-order valence-electron chi connectivity index (χ1n) is 7.18. The molecule has 0 spiro atoms. The summed E-state index contributed by atoms with van der Waals surface area (Å²) in [5, 5.41) is 3.55. The summed E-state index contributed by atoms with van der Waals surface area (Å²) in [4.78, 5) is 23.6. The highest BCUT2D eigenvalue weighted by Gasteiger charge is 2.15. The van der Waals surface area contributed by atoms with Crippen molar-refractivity contribution in [1.29, 1.82) is 0 Å². The van der Waals surface area contributed by atoms with Crippen molar-refractivity contribution in [2.75, 3.05) is 5.32 Å². The Hall–Kier alpha value is -2.95. The second-order valence-corrected chi connectivity index (χ2v) is 5.28. The van der Waals surface area contributed by atoms with Crippen LogP contribution in [0.2, 0.25) is 0 Å². The molecule has 1 amide bonds. The first-order valence-corrected chi connectivity index (χ1v) is 7.18.